The second-order valence-corrected chi connectivity index (χ2v) is 17.7. The third-order valence-corrected chi connectivity index (χ3v) is 13.3. The number of halogens is 2. The minimum absolute atomic E-state index is 0.0808. The van der Waals surface area contributed by atoms with Gasteiger partial charge in [0, 0.05) is 46.2 Å². The summed E-state index contributed by atoms with van der Waals surface area (Å²) in [6.45, 7) is 8.76. The topological polar surface area (TPSA) is 105 Å². The molecule has 262 valence electrons. The Bertz CT molecular complexity index is 1620. The number of sulfonamides is 1. The molecule has 6 rings (SSSR count). The van der Waals surface area contributed by atoms with Gasteiger partial charge in [0.05, 0.1) is 30.8 Å². The van der Waals surface area contributed by atoms with Gasteiger partial charge in [0.2, 0.25) is 15.9 Å². The molecule has 2 aromatic rings. The highest BCUT2D eigenvalue weighted by molar-refractivity contribution is 14.1. The Morgan fingerprint density at radius 1 is 1.15 bits per heavy atom. The van der Waals surface area contributed by atoms with Crippen LogP contribution in [0.1, 0.15) is 57.1 Å². The van der Waals surface area contributed by atoms with Crippen molar-refractivity contribution in [3.8, 4) is 5.75 Å². The summed E-state index contributed by atoms with van der Waals surface area (Å²) in [5, 5.41) is 5.55. The number of nitrogens with two attached hydrogens (primary N) is 1. The van der Waals surface area contributed by atoms with E-state index in [0.29, 0.717) is 39.3 Å². The van der Waals surface area contributed by atoms with Crippen LogP contribution in [-0.4, -0.2) is 94.0 Å². The molecular weight excluding hydrogens is 763 g/mol. The highest BCUT2D eigenvalue weighted by Crippen LogP contribution is 2.45. The fourth-order valence-corrected chi connectivity index (χ4v) is 9.43. The Morgan fingerprint density at radius 2 is 1.94 bits per heavy atom. The number of allylic oxidation sites excluding steroid dienone is 1. The van der Waals surface area contributed by atoms with E-state index in [2.05, 4.69) is 62.7 Å². The van der Waals surface area contributed by atoms with Gasteiger partial charge in [-0.1, -0.05) is 36.7 Å². The Morgan fingerprint density at radius 3 is 2.71 bits per heavy atom. The number of hydrogen-bond acceptors (Lipinski definition) is 7. The summed E-state index contributed by atoms with van der Waals surface area (Å²) in [6.07, 6.45) is 9.63. The highest BCUT2D eigenvalue weighted by atomic mass is 127. The molecule has 3 heterocycles. The first-order valence-corrected chi connectivity index (χ1v) is 20.3. The molecule has 5 atom stereocenters. The minimum atomic E-state index is -3.65. The van der Waals surface area contributed by atoms with Gasteiger partial charge in [-0.15, -0.1) is 0 Å². The van der Waals surface area contributed by atoms with Gasteiger partial charge >= 0.3 is 0 Å². The van der Waals surface area contributed by atoms with Crippen LogP contribution in [0, 0.1) is 9.49 Å². The summed E-state index contributed by atoms with van der Waals surface area (Å²) in [5.41, 5.74) is 3.57. The van der Waals surface area contributed by atoms with Crippen LogP contribution >= 0.6 is 34.2 Å². The van der Waals surface area contributed by atoms with Crippen molar-refractivity contribution in [3.63, 3.8) is 0 Å². The second kappa shape index (κ2) is 15.1. The van der Waals surface area contributed by atoms with E-state index in [0.717, 1.165) is 71.8 Å². The van der Waals surface area contributed by atoms with E-state index in [4.69, 9.17) is 26.2 Å². The third-order valence-electron chi connectivity index (χ3n) is 10.9. The monoisotopic (exact) mass is 810 g/mol. The number of benzene rings is 2. The average Bonchev–Trinajstić information content (AvgIpc) is 3.46. The number of carbonyl (C=O) groups excluding carboxylic acids is 1. The number of hydrogen-bond donors (Lipinski definition) is 1. The molecule has 4 aliphatic rings. The summed E-state index contributed by atoms with van der Waals surface area (Å²) in [4.78, 5) is 21.0. The summed E-state index contributed by atoms with van der Waals surface area (Å²) in [7, 11) is -3.65. The fraction of sp³-hybridized carbons (Fsp3) is 0.583. The summed E-state index contributed by atoms with van der Waals surface area (Å²) < 4.78 is 37.4. The molecule has 3 aliphatic heterocycles. The quantitative estimate of drug-likeness (QED) is 0.269. The van der Waals surface area contributed by atoms with Crippen LogP contribution in [0.4, 0.5) is 5.69 Å². The zero-order chi connectivity index (χ0) is 34.1. The smallest absolute Gasteiger partial charge is 0.244 e. The van der Waals surface area contributed by atoms with Crippen molar-refractivity contribution in [2.75, 3.05) is 57.4 Å². The lowest BCUT2D eigenvalue weighted by atomic mass is 9.70. The number of nitrogens with zero attached hydrogens (tertiary/aromatic N) is 3. The van der Waals surface area contributed by atoms with Crippen LogP contribution in [0.2, 0.25) is 5.02 Å². The molecule has 9 nitrogen and oxygen atoms in total. The van der Waals surface area contributed by atoms with Gasteiger partial charge in [-0.3, -0.25) is 9.69 Å². The minimum Gasteiger partial charge on any atom is -0.490 e. The van der Waals surface area contributed by atoms with Crippen LogP contribution in [0.15, 0.2) is 48.6 Å². The van der Waals surface area contributed by atoms with Gasteiger partial charge in [0.25, 0.3) is 0 Å². The maximum absolute atomic E-state index is 14.2. The van der Waals surface area contributed by atoms with E-state index in [9.17, 15) is 13.2 Å². The second-order valence-electron chi connectivity index (χ2n) is 14.1. The molecule has 2 saturated heterocycles. The van der Waals surface area contributed by atoms with Crippen LogP contribution < -0.4 is 14.8 Å². The number of ether oxygens (including phenoxy) is 2. The van der Waals surface area contributed by atoms with Crippen molar-refractivity contribution in [3.05, 3.63) is 68.3 Å². The SMILES string of the molecule is C[C@H]([C@@H](C)C/C=C/C(C(=O)N1CCOCC1)N1CCC[C@H]1CN1C[C@@]2(CCCc3cc(Cl)ccc32)COc2ccc(I)cc21)S(N)(=O)=O. The van der Waals surface area contributed by atoms with Crippen LogP contribution in [0.25, 0.3) is 0 Å². The number of rotatable bonds is 9. The van der Waals surface area contributed by atoms with Crippen molar-refractivity contribution in [1.29, 1.82) is 0 Å². The maximum Gasteiger partial charge on any atom is 0.244 e. The molecular formula is C36H48ClIN4O5S. The Labute approximate surface area is 304 Å². The predicted octanol–water partition coefficient (Wildman–Crippen LogP) is 5.37. The molecule has 2 N–H and O–H groups in total. The van der Waals surface area contributed by atoms with Crippen LogP contribution in [0.3, 0.4) is 0 Å². The Kier molecular flexibility index (Phi) is 11.3. The number of primary sulfonamides is 1. The summed E-state index contributed by atoms with van der Waals surface area (Å²) >= 11 is 8.84. The van der Waals surface area contributed by atoms with E-state index < -0.39 is 21.3 Å². The number of aryl methyl sites for hydroxylation is 1. The molecule has 48 heavy (non-hydrogen) atoms. The van der Waals surface area contributed by atoms with E-state index in [-0.39, 0.29) is 23.3 Å². The normalized spacial score (nSPS) is 25.3. The third kappa shape index (κ3) is 7.86. The highest BCUT2D eigenvalue weighted by Gasteiger charge is 2.44. The number of carbonyl (C=O) groups is 1. The molecule has 1 unspecified atom stereocenters. The average molecular weight is 811 g/mol. The number of fused-ring (bicyclic) bond motifs is 3. The van der Waals surface area contributed by atoms with Crippen molar-refractivity contribution in [1.82, 2.24) is 9.80 Å². The Balaban J connectivity index is 1.30. The Hall–Kier alpha value is -1.90. The first-order chi connectivity index (χ1) is 22.9. The molecule has 12 heteroatoms. The lowest BCUT2D eigenvalue weighted by molar-refractivity contribution is -0.139. The van der Waals surface area contributed by atoms with Crippen molar-refractivity contribution in [2.24, 2.45) is 11.1 Å². The summed E-state index contributed by atoms with van der Waals surface area (Å²) in [6, 6.07) is 12.5. The van der Waals surface area contributed by atoms with Crippen molar-refractivity contribution < 1.29 is 22.7 Å². The first-order valence-electron chi connectivity index (χ1n) is 17.2. The lowest BCUT2D eigenvalue weighted by Gasteiger charge is -2.42. The van der Waals surface area contributed by atoms with Gasteiger partial charge in [-0.2, -0.15) is 0 Å². The number of amides is 1. The van der Waals surface area contributed by atoms with Crippen LogP contribution in [-0.2, 0) is 31.4 Å². The molecule has 1 spiro atoms. The van der Waals surface area contributed by atoms with Crippen molar-refractivity contribution in [2.45, 2.75) is 75.1 Å². The standard InChI is InChI=1S/C36H48ClIN4O5S/c1-25(26(2)48(39,44)45)6-3-9-32(35(43)40-16-18-46-19-17-40)42-15-5-8-30(42)22-41-23-36(24-47-34-13-11-29(38)21-33(34)41)14-4-7-27-20-28(37)10-12-31(27)36/h3,9-13,20-21,25-26,30,32H,4-8,14-19,22-24H2,1-2H3,(H2,39,44,45)/b9-3+/t25-,26+,30-,32?,36-/m0/s1. The number of anilines is 1. The fourth-order valence-electron chi connectivity index (χ4n) is 8.00. The largest absolute Gasteiger partial charge is 0.490 e. The van der Waals surface area contributed by atoms with Gasteiger partial charge in [-0.05, 0) is 122 Å². The number of likely N-dealkylation sites (tertiary alicyclic amines) is 1. The van der Waals surface area contributed by atoms with E-state index in [1.54, 1.807) is 6.92 Å². The maximum atomic E-state index is 14.2. The van der Waals surface area contributed by atoms with Gasteiger partial charge in [0.15, 0.2) is 0 Å². The molecule has 2 fully saturated rings. The van der Waals surface area contributed by atoms with Gasteiger partial charge in [0.1, 0.15) is 11.8 Å². The number of morpholine rings is 1. The first kappa shape index (κ1) is 35.9. The molecule has 0 aromatic heterocycles. The zero-order valence-electron chi connectivity index (χ0n) is 28.0. The molecule has 0 radical (unpaired) electrons. The molecule has 0 saturated carbocycles. The molecule has 1 aliphatic carbocycles. The van der Waals surface area contributed by atoms with Gasteiger partial charge < -0.3 is 19.3 Å². The van der Waals surface area contributed by atoms with Crippen molar-refractivity contribution >= 4 is 55.8 Å². The zero-order valence-corrected chi connectivity index (χ0v) is 31.7. The molecule has 2 aromatic carbocycles. The lowest BCUT2D eigenvalue weighted by Crippen LogP contribution is -2.55. The van der Waals surface area contributed by atoms with E-state index in [1.807, 2.05) is 30.0 Å². The van der Waals surface area contributed by atoms with E-state index in [1.165, 1.54) is 11.1 Å². The predicted molar refractivity (Wildman–Crippen MR) is 199 cm³/mol. The molecule has 0 bridgehead atoms. The van der Waals surface area contributed by atoms with Crippen LogP contribution in [0.5, 0.6) is 5.75 Å². The van der Waals surface area contributed by atoms with E-state index >= 15 is 0 Å². The van der Waals surface area contributed by atoms with Gasteiger partial charge in [-0.25, -0.2) is 13.6 Å². The molecule has 1 amide bonds. The summed E-state index contributed by atoms with van der Waals surface area (Å²) in [5.74, 6) is 0.805.